The molecule has 1 N–H and O–H groups in total. The summed E-state index contributed by atoms with van der Waals surface area (Å²) in [5, 5.41) is 10.2. The van der Waals surface area contributed by atoms with Crippen LogP contribution in [0.1, 0.15) is 0 Å². The van der Waals surface area contributed by atoms with Crippen molar-refractivity contribution in [2.75, 3.05) is 5.75 Å². The Morgan fingerprint density at radius 1 is 1.73 bits per heavy atom. The van der Waals surface area contributed by atoms with Gasteiger partial charge >= 0.3 is 5.97 Å². The van der Waals surface area contributed by atoms with Gasteiger partial charge in [0.05, 0.1) is 5.57 Å². The van der Waals surface area contributed by atoms with Gasteiger partial charge in [0.25, 0.3) is 0 Å². The summed E-state index contributed by atoms with van der Waals surface area (Å²) in [5.41, 5.74) is 0.284. The zero-order valence-corrected chi connectivity index (χ0v) is 6.54. The molecule has 0 radical (unpaired) electrons. The Kier molecular flexibility index (Phi) is 2.92. The number of nitrogens with zero attached hydrogens (tertiary/aromatic N) is 1. The van der Waals surface area contributed by atoms with E-state index in [9.17, 15) is 4.79 Å². The third-order valence-corrected chi connectivity index (χ3v) is 1.84. The van der Waals surface area contributed by atoms with Crippen LogP contribution in [0.3, 0.4) is 0 Å². The van der Waals surface area contributed by atoms with Crippen molar-refractivity contribution in [2.45, 2.75) is 0 Å². The van der Waals surface area contributed by atoms with E-state index in [0.29, 0.717) is 0 Å². The lowest BCUT2D eigenvalue weighted by molar-refractivity contribution is -0.132. The topological polar surface area (TPSA) is 49.7 Å². The van der Waals surface area contributed by atoms with Crippen LogP contribution in [0.15, 0.2) is 28.2 Å². The van der Waals surface area contributed by atoms with Gasteiger partial charge in [-0.1, -0.05) is 0 Å². The van der Waals surface area contributed by atoms with Crippen molar-refractivity contribution >= 4 is 23.9 Å². The predicted octanol–water partition coefficient (Wildman–Crippen LogP) is 1.29. The summed E-state index contributed by atoms with van der Waals surface area (Å²) < 4.78 is 0. The highest BCUT2D eigenvalue weighted by Gasteiger charge is 2.02. The molecular weight excluding hydrogens is 162 g/mol. The Bertz CT molecular complexity index is 243. The molecule has 3 nitrogen and oxygen atoms in total. The lowest BCUT2D eigenvalue weighted by Gasteiger charge is -1.95. The van der Waals surface area contributed by atoms with E-state index in [2.05, 4.69) is 4.99 Å². The minimum absolute atomic E-state index is 0.284. The second-order valence-corrected chi connectivity index (χ2v) is 2.76. The number of hydrogen-bond donors (Lipinski definition) is 1. The van der Waals surface area contributed by atoms with E-state index in [-0.39, 0.29) is 5.57 Å². The SMILES string of the molecule is O=C(O)C1=CSCC=NC=C1. The van der Waals surface area contributed by atoms with Crippen LogP contribution in [-0.4, -0.2) is 23.0 Å². The first-order chi connectivity index (χ1) is 5.30. The molecule has 0 bridgehead atoms. The van der Waals surface area contributed by atoms with Crippen LogP contribution in [0, 0.1) is 0 Å². The van der Waals surface area contributed by atoms with Crippen LogP contribution in [0.25, 0.3) is 0 Å². The summed E-state index contributed by atoms with van der Waals surface area (Å²) in [7, 11) is 0. The van der Waals surface area contributed by atoms with Gasteiger partial charge in [0.2, 0.25) is 0 Å². The minimum Gasteiger partial charge on any atom is -0.478 e. The molecule has 0 atom stereocenters. The second kappa shape index (κ2) is 3.98. The third-order valence-electron chi connectivity index (χ3n) is 1.07. The van der Waals surface area contributed by atoms with Gasteiger partial charge in [-0.3, -0.25) is 4.99 Å². The number of hydrogen-bond acceptors (Lipinski definition) is 3. The minimum atomic E-state index is -0.911. The van der Waals surface area contributed by atoms with Crippen LogP contribution in [0.5, 0.6) is 0 Å². The molecule has 0 aliphatic carbocycles. The van der Waals surface area contributed by atoms with Gasteiger partial charge in [-0.25, -0.2) is 4.79 Å². The maximum atomic E-state index is 10.4. The van der Waals surface area contributed by atoms with E-state index in [0.717, 1.165) is 5.75 Å². The Balaban J connectivity index is 2.77. The molecule has 1 aliphatic rings. The first-order valence-corrected chi connectivity index (χ1v) is 4.09. The first kappa shape index (κ1) is 8.07. The van der Waals surface area contributed by atoms with Crippen molar-refractivity contribution in [1.82, 2.24) is 0 Å². The van der Waals surface area contributed by atoms with Gasteiger partial charge in [-0.2, -0.15) is 0 Å². The summed E-state index contributed by atoms with van der Waals surface area (Å²) in [6.07, 6.45) is 4.70. The van der Waals surface area contributed by atoms with Gasteiger partial charge in [0.1, 0.15) is 0 Å². The zero-order valence-electron chi connectivity index (χ0n) is 5.73. The third kappa shape index (κ3) is 2.59. The number of aliphatic carboxylic acids is 1. The van der Waals surface area contributed by atoms with Gasteiger partial charge in [-0.05, 0) is 11.5 Å². The van der Waals surface area contributed by atoms with Gasteiger partial charge < -0.3 is 5.11 Å². The molecule has 0 fully saturated rings. The molecule has 11 heavy (non-hydrogen) atoms. The number of thioether (sulfide) groups is 1. The molecule has 0 spiro atoms. The Morgan fingerprint density at radius 2 is 2.55 bits per heavy atom. The summed E-state index contributed by atoms with van der Waals surface area (Å²) >= 11 is 1.42. The molecule has 58 valence electrons. The number of carboxylic acids is 1. The fourth-order valence-corrected chi connectivity index (χ4v) is 1.20. The van der Waals surface area contributed by atoms with E-state index in [4.69, 9.17) is 5.11 Å². The van der Waals surface area contributed by atoms with Crippen molar-refractivity contribution in [3.63, 3.8) is 0 Å². The molecule has 1 heterocycles. The van der Waals surface area contributed by atoms with Crippen LogP contribution in [0.4, 0.5) is 0 Å². The van der Waals surface area contributed by atoms with Crippen LogP contribution < -0.4 is 0 Å². The number of aliphatic imine (C=N–C) groups is 1. The van der Waals surface area contributed by atoms with Crippen molar-refractivity contribution in [1.29, 1.82) is 0 Å². The molecule has 4 heteroatoms. The van der Waals surface area contributed by atoms with Crippen molar-refractivity contribution in [3.05, 3.63) is 23.3 Å². The zero-order chi connectivity index (χ0) is 8.10. The molecule has 1 rings (SSSR count). The number of carbonyl (C=O) groups is 1. The Hall–Kier alpha value is -1.03. The van der Waals surface area contributed by atoms with Crippen LogP contribution in [-0.2, 0) is 4.79 Å². The first-order valence-electron chi connectivity index (χ1n) is 3.04. The fourth-order valence-electron chi connectivity index (χ4n) is 0.569. The molecule has 0 saturated carbocycles. The molecule has 0 unspecified atom stereocenters. The molecule has 0 aromatic rings. The van der Waals surface area contributed by atoms with Crippen LogP contribution in [0.2, 0.25) is 0 Å². The van der Waals surface area contributed by atoms with Crippen molar-refractivity contribution in [2.24, 2.45) is 4.99 Å². The lowest BCUT2D eigenvalue weighted by atomic mass is 10.3. The smallest absolute Gasteiger partial charge is 0.336 e. The number of rotatable bonds is 1. The molecular formula is C7H7NO2S. The van der Waals surface area contributed by atoms with E-state index < -0.39 is 5.97 Å². The monoisotopic (exact) mass is 169 g/mol. The molecule has 0 amide bonds. The highest BCUT2D eigenvalue weighted by atomic mass is 32.2. The quantitative estimate of drug-likeness (QED) is 0.643. The molecule has 0 saturated heterocycles. The summed E-state index contributed by atoms with van der Waals surface area (Å²) in [6, 6.07) is 0. The molecule has 0 aromatic heterocycles. The lowest BCUT2D eigenvalue weighted by Crippen LogP contribution is -1.97. The average molecular weight is 169 g/mol. The maximum absolute atomic E-state index is 10.4. The van der Waals surface area contributed by atoms with Gasteiger partial charge in [0.15, 0.2) is 0 Å². The van der Waals surface area contributed by atoms with E-state index in [1.165, 1.54) is 24.0 Å². The fraction of sp³-hybridized carbons (Fsp3) is 0.143. The van der Waals surface area contributed by atoms with Gasteiger partial charge in [-0.15, -0.1) is 11.8 Å². The highest BCUT2D eigenvalue weighted by molar-refractivity contribution is 8.02. The van der Waals surface area contributed by atoms with E-state index >= 15 is 0 Å². The standard InChI is InChI=1S/C7H7NO2S/c9-7(10)6-1-2-8-3-4-11-5-6/h1-3,5H,4H2,(H,9,10). The normalized spacial score (nSPS) is 16.9. The van der Waals surface area contributed by atoms with Crippen LogP contribution >= 0.6 is 11.8 Å². The highest BCUT2D eigenvalue weighted by Crippen LogP contribution is 2.09. The largest absolute Gasteiger partial charge is 0.478 e. The number of carboxylic acid groups (broad SMARTS) is 1. The summed E-state index contributed by atoms with van der Waals surface area (Å²) in [5.74, 6) is -0.188. The van der Waals surface area contributed by atoms with E-state index in [1.807, 2.05) is 0 Å². The van der Waals surface area contributed by atoms with Crippen molar-refractivity contribution < 1.29 is 9.90 Å². The summed E-state index contributed by atoms with van der Waals surface area (Å²) in [4.78, 5) is 14.3. The maximum Gasteiger partial charge on any atom is 0.336 e. The van der Waals surface area contributed by atoms with Gasteiger partial charge in [0, 0.05) is 18.2 Å². The average Bonchev–Trinajstić information content (AvgIpc) is 1.84. The predicted molar refractivity (Wildman–Crippen MR) is 45.8 cm³/mol. The molecule has 1 aliphatic heterocycles. The second-order valence-electron chi connectivity index (χ2n) is 1.86. The molecule has 0 aromatic carbocycles. The Labute approximate surface area is 68.5 Å². The Morgan fingerprint density at radius 3 is 3.27 bits per heavy atom. The van der Waals surface area contributed by atoms with Crippen molar-refractivity contribution in [3.8, 4) is 0 Å². The summed E-state index contributed by atoms with van der Waals surface area (Å²) in [6.45, 7) is 0. The van der Waals surface area contributed by atoms with E-state index in [1.54, 1.807) is 11.6 Å².